The Bertz CT molecular complexity index is 539. The summed E-state index contributed by atoms with van der Waals surface area (Å²) in [5.41, 5.74) is 6.66. The minimum absolute atomic E-state index is 0.0160. The molecule has 1 spiro atoms. The maximum Gasteiger partial charge on any atom is 0.341 e. The average molecular weight is 291 g/mol. The molecule has 2 N–H and O–H groups in total. The number of methoxy groups -OCH3 is 1. The highest BCUT2D eigenvalue weighted by Crippen LogP contribution is 2.43. The Kier molecular flexibility index (Phi) is 3.76. The first-order chi connectivity index (χ1) is 10.1. The summed E-state index contributed by atoms with van der Waals surface area (Å²) in [4.78, 5) is 11.8. The molecule has 1 unspecified atom stereocenters. The van der Waals surface area contributed by atoms with Gasteiger partial charge in [-0.15, -0.1) is 0 Å². The van der Waals surface area contributed by atoms with Crippen LogP contribution in [0.5, 0.6) is 5.75 Å². The molecule has 1 saturated carbocycles. The Morgan fingerprint density at radius 1 is 1.43 bits per heavy atom. The fraction of sp³-hybridized carbons (Fsp3) is 0.562. The van der Waals surface area contributed by atoms with E-state index in [1.165, 1.54) is 13.5 Å². The Balaban J connectivity index is 1.76. The van der Waals surface area contributed by atoms with Crippen LogP contribution in [0.25, 0.3) is 0 Å². The molecule has 1 aliphatic carbocycles. The van der Waals surface area contributed by atoms with E-state index in [1.807, 2.05) is 0 Å². The smallest absolute Gasteiger partial charge is 0.341 e. The summed E-state index contributed by atoms with van der Waals surface area (Å²) < 4.78 is 16.8. The second kappa shape index (κ2) is 5.56. The lowest BCUT2D eigenvalue weighted by Gasteiger charge is -2.46. The number of benzene rings is 1. The predicted octanol–water partition coefficient (Wildman–Crippen LogP) is 2.54. The van der Waals surface area contributed by atoms with Crippen molar-refractivity contribution in [2.75, 3.05) is 19.5 Å². The van der Waals surface area contributed by atoms with Gasteiger partial charge in [-0.25, -0.2) is 4.79 Å². The van der Waals surface area contributed by atoms with Crippen LogP contribution in [0.4, 0.5) is 5.69 Å². The molecule has 3 rings (SSSR count). The van der Waals surface area contributed by atoms with Gasteiger partial charge in [0.05, 0.1) is 19.3 Å². The second-order valence-electron chi connectivity index (χ2n) is 5.86. The van der Waals surface area contributed by atoms with E-state index in [1.54, 1.807) is 18.2 Å². The quantitative estimate of drug-likeness (QED) is 0.684. The van der Waals surface area contributed by atoms with Crippen molar-refractivity contribution in [2.45, 2.75) is 43.8 Å². The highest BCUT2D eigenvalue weighted by atomic mass is 16.5. The number of rotatable bonds is 3. The van der Waals surface area contributed by atoms with Crippen molar-refractivity contribution in [1.82, 2.24) is 0 Å². The zero-order valence-corrected chi connectivity index (χ0v) is 12.3. The van der Waals surface area contributed by atoms with Crippen LogP contribution >= 0.6 is 0 Å². The monoisotopic (exact) mass is 291 g/mol. The van der Waals surface area contributed by atoms with Crippen molar-refractivity contribution >= 4 is 11.7 Å². The average Bonchev–Trinajstić information content (AvgIpc) is 2.47. The summed E-state index contributed by atoms with van der Waals surface area (Å²) in [6, 6.07) is 5.07. The van der Waals surface area contributed by atoms with Gasteiger partial charge in [-0.3, -0.25) is 0 Å². The number of nitrogens with two attached hydrogens (primary N) is 1. The Morgan fingerprint density at radius 3 is 2.90 bits per heavy atom. The van der Waals surface area contributed by atoms with Gasteiger partial charge in [-0.1, -0.05) is 0 Å². The number of nitrogen functional groups attached to an aromatic ring is 1. The molecule has 1 aliphatic heterocycles. The molecule has 1 aromatic carbocycles. The Labute approximate surface area is 124 Å². The standard InChI is InChI=1S/C16H21NO4/c1-19-15(18)13-9-11(17)3-4-14(13)21-12-5-8-20-16(10-12)6-2-7-16/h3-4,9,12H,2,5-8,10,17H2,1H3. The van der Waals surface area contributed by atoms with Crippen molar-refractivity contribution in [3.05, 3.63) is 23.8 Å². The topological polar surface area (TPSA) is 70.8 Å². The zero-order valence-electron chi connectivity index (χ0n) is 12.3. The number of hydrogen-bond donors (Lipinski definition) is 1. The summed E-state index contributed by atoms with van der Waals surface area (Å²) in [6.45, 7) is 0.715. The number of esters is 1. The molecule has 2 fully saturated rings. The molecule has 114 valence electrons. The van der Waals surface area contributed by atoms with E-state index in [0.717, 1.165) is 25.7 Å². The summed E-state index contributed by atoms with van der Waals surface area (Å²) in [7, 11) is 1.35. The third kappa shape index (κ3) is 2.83. The van der Waals surface area contributed by atoms with Gasteiger partial charge in [0.15, 0.2) is 0 Å². The van der Waals surface area contributed by atoms with Crippen LogP contribution in [0.2, 0.25) is 0 Å². The molecule has 1 atom stereocenters. The number of hydrogen-bond acceptors (Lipinski definition) is 5. The van der Waals surface area contributed by atoms with Crippen LogP contribution in [0.1, 0.15) is 42.5 Å². The molecule has 1 heterocycles. The lowest BCUT2D eigenvalue weighted by Crippen LogP contribution is -2.48. The minimum Gasteiger partial charge on any atom is -0.489 e. The van der Waals surface area contributed by atoms with E-state index in [2.05, 4.69) is 0 Å². The van der Waals surface area contributed by atoms with Gasteiger partial charge in [-0.2, -0.15) is 0 Å². The normalized spacial score (nSPS) is 23.4. The number of carbonyl (C=O) groups is 1. The molecule has 5 nitrogen and oxygen atoms in total. The third-order valence-corrected chi connectivity index (χ3v) is 4.42. The van der Waals surface area contributed by atoms with Crippen LogP contribution in [0.15, 0.2) is 18.2 Å². The van der Waals surface area contributed by atoms with E-state index < -0.39 is 5.97 Å². The molecular formula is C16H21NO4. The molecule has 5 heteroatoms. The SMILES string of the molecule is COC(=O)c1cc(N)ccc1OC1CCOC2(CCC2)C1. The predicted molar refractivity (Wildman–Crippen MR) is 78.4 cm³/mol. The van der Waals surface area contributed by atoms with Crippen LogP contribution < -0.4 is 10.5 Å². The van der Waals surface area contributed by atoms with E-state index in [0.29, 0.717) is 23.6 Å². The molecule has 21 heavy (non-hydrogen) atoms. The van der Waals surface area contributed by atoms with Crippen molar-refractivity contribution in [3.8, 4) is 5.75 Å². The van der Waals surface area contributed by atoms with Crippen molar-refractivity contribution in [2.24, 2.45) is 0 Å². The summed E-state index contributed by atoms with van der Waals surface area (Å²) in [5, 5.41) is 0. The van der Waals surface area contributed by atoms with Crippen molar-refractivity contribution in [1.29, 1.82) is 0 Å². The third-order valence-electron chi connectivity index (χ3n) is 4.42. The lowest BCUT2D eigenvalue weighted by molar-refractivity contribution is -0.153. The first-order valence-electron chi connectivity index (χ1n) is 7.40. The Hall–Kier alpha value is -1.75. The number of anilines is 1. The van der Waals surface area contributed by atoms with Gasteiger partial charge >= 0.3 is 5.97 Å². The van der Waals surface area contributed by atoms with Gasteiger partial charge in [0, 0.05) is 18.5 Å². The summed E-state index contributed by atoms with van der Waals surface area (Å²) in [5.74, 6) is 0.111. The molecule has 0 amide bonds. The van der Waals surface area contributed by atoms with Gasteiger partial charge in [0.25, 0.3) is 0 Å². The van der Waals surface area contributed by atoms with Crippen LogP contribution in [0, 0.1) is 0 Å². The van der Waals surface area contributed by atoms with Crippen LogP contribution in [0.3, 0.4) is 0 Å². The van der Waals surface area contributed by atoms with Gasteiger partial charge in [-0.05, 0) is 37.5 Å². The van der Waals surface area contributed by atoms with Gasteiger partial charge < -0.3 is 19.9 Å². The minimum atomic E-state index is -0.428. The molecule has 1 aromatic rings. The maximum absolute atomic E-state index is 11.8. The number of ether oxygens (including phenoxy) is 3. The van der Waals surface area contributed by atoms with E-state index >= 15 is 0 Å². The highest BCUT2D eigenvalue weighted by Gasteiger charge is 2.43. The molecule has 2 aliphatic rings. The molecule has 0 radical (unpaired) electrons. The van der Waals surface area contributed by atoms with Crippen molar-refractivity contribution in [3.63, 3.8) is 0 Å². The fourth-order valence-electron chi connectivity index (χ4n) is 3.10. The van der Waals surface area contributed by atoms with E-state index in [4.69, 9.17) is 19.9 Å². The second-order valence-corrected chi connectivity index (χ2v) is 5.86. The van der Waals surface area contributed by atoms with Crippen LogP contribution in [-0.2, 0) is 9.47 Å². The first-order valence-corrected chi connectivity index (χ1v) is 7.40. The molecular weight excluding hydrogens is 270 g/mol. The molecule has 0 aromatic heterocycles. The van der Waals surface area contributed by atoms with Crippen molar-refractivity contribution < 1.29 is 19.0 Å². The molecule has 1 saturated heterocycles. The maximum atomic E-state index is 11.8. The Morgan fingerprint density at radius 2 is 2.24 bits per heavy atom. The van der Waals surface area contributed by atoms with Crippen LogP contribution in [-0.4, -0.2) is 31.4 Å². The summed E-state index contributed by atoms with van der Waals surface area (Å²) >= 11 is 0. The largest absolute Gasteiger partial charge is 0.489 e. The first kappa shape index (κ1) is 14.2. The van der Waals surface area contributed by atoms with Gasteiger partial charge in [0.2, 0.25) is 0 Å². The zero-order chi connectivity index (χ0) is 14.9. The molecule has 0 bridgehead atoms. The van der Waals surface area contributed by atoms with E-state index in [9.17, 15) is 4.79 Å². The fourth-order valence-corrected chi connectivity index (χ4v) is 3.10. The number of carbonyl (C=O) groups excluding carboxylic acids is 1. The lowest BCUT2D eigenvalue weighted by atomic mass is 9.74. The summed E-state index contributed by atoms with van der Waals surface area (Å²) in [6.07, 6.45) is 5.25. The van der Waals surface area contributed by atoms with Gasteiger partial charge in [0.1, 0.15) is 17.4 Å². The van der Waals surface area contributed by atoms with E-state index in [-0.39, 0.29) is 11.7 Å². The highest BCUT2D eigenvalue weighted by molar-refractivity contribution is 5.93.